The van der Waals surface area contributed by atoms with E-state index in [1.807, 2.05) is 52.0 Å². The number of anilines is 1. The number of nitrogens with one attached hydrogen (secondary N) is 1. The molecule has 2 amide bonds. The van der Waals surface area contributed by atoms with Crippen LogP contribution in [0.2, 0.25) is 0 Å². The van der Waals surface area contributed by atoms with Crippen molar-refractivity contribution in [3.8, 4) is 0 Å². The third-order valence-corrected chi connectivity index (χ3v) is 8.37. The third-order valence-electron chi connectivity index (χ3n) is 6.59. The van der Waals surface area contributed by atoms with E-state index in [0.29, 0.717) is 6.42 Å². The van der Waals surface area contributed by atoms with Crippen LogP contribution in [0, 0.1) is 12.7 Å². The van der Waals surface area contributed by atoms with Crippen molar-refractivity contribution < 1.29 is 22.4 Å². The Kier molecular flexibility index (Phi) is 10.2. The maximum atomic E-state index is 14.0. The predicted molar refractivity (Wildman–Crippen MR) is 151 cm³/mol. The van der Waals surface area contributed by atoms with Crippen molar-refractivity contribution in [1.82, 2.24) is 10.2 Å². The summed E-state index contributed by atoms with van der Waals surface area (Å²) in [7, 11) is -4.23. The van der Waals surface area contributed by atoms with Gasteiger partial charge in [-0.25, -0.2) is 12.8 Å². The molecule has 0 bridgehead atoms. The van der Waals surface area contributed by atoms with Crippen molar-refractivity contribution in [3.05, 3.63) is 95.8 Å². The van der Waals surface area contributed by atoms with Crippen molar-refractivity contribution in [1.29, 1.82) is 0 Å². The van der Waals surface area contributed by atoms with E-state index in [2.05, 4.69) is 5.32 Å². The maximum absolute atomic E-state index is 14.0. The monoisotopic (exact) mass is 553 g/mol. The van der Waals surface area contributed by atoms with Crippen molar-refractivity contribution in [2.45, 2.75) is 64.1 Å². The molecule has 0 heterocycles. The Morgan fingerprint density at radius 3 is 2.08 bits per heavy atom. The van der Waals surface area contributed by atoms with Gasteiger partial charge >= 0.3 is 0 Å². The minimum absolute atomic E-state index is 0.0810. The molecule has 3 aromatic carbocycles. The number of sulfonamides is 1. The molecule has 0 aliphatic heterocycles. The second-order valence-corrected chi connectivity index (χ2v) is 11.4. The Bertz CT molecular complexity index is 1350. The fourth-order valence-corrected chi connectivity index (χ4v) is 5.52. The standard InChI is InChI=1S/C30H36FN3O4S/c1-5-23(4)32-30(36)28(6-2)33(20-24-14-12-22(3)13-15-24)29(35)21-34(26-10-8-7-9-11-26)39(37,38)27-18-16-25(31)17-19-27/h7-19,23,28H,5-6,20-21H2,1-4H3,(H,32,36)/t23-,28-/m1/s1. The van der Waals surface area contributed by atoms with E-state index in [9.17, 15) is 22.4 Å². The second kappa shape index (κ2) is 13.4. The lowest BCUT2D eigenvalue weighted by atomic mass is 10.1. The average molecular weight is 554 g/mol. The molecule has 3 rings (SSSR count). The van der Waals surface area contributed by atoms with Crippen LogP contribution in [0.15, 0.2) is 83.8 Å². The normalized spacial score (nSPS) is 12.8. The van der Waals surface area contributed by atoms with Crippen molar-refractivity contribution >= 4 is 27.5 Å². The fourth-order valence-electron chi connectivity index (χ4n) is 4.11. The topological polar surface area (TPSA) is 86.8 Å². The van der Waals surface area contributed by atoms with E-state index in [1.165, 1.54) is 17.0 Å². The van der Waals surface area contributed by atoms with Crippen LogP contribution in [0.25, 0.3) is 0 Å². The Morgan fingerprint density at radius 1 is 0.897 bits per heavy atom. The summed E-state index contributed by atoms with van der Waals surface area (Å²) in [6, 6.07) is 19.5. The molecule has 3 aromatic rings. The zero-order valence-electron chi connectivity index (χ0n) is 22.8. The highest BCUT2D eigenvalue weighted by Gasteiger charge is 2.33. The van der Waals surface area contributed by atoms with Gasteiger partial charge in [0.2, 0.25) is 11.8 Å². The summed E-state index contributed by atoms with van der Waals surface area (Å²) >= 11 is 0. The molecular weight excluding hydrogens is 517 g/mol. The molecule has 1 N–H and O–H groups in total. The Labute approximate surface area is 230 Å². The van der Waals surface area contributed by atoms with Crippen LogP contribution in [-0.2, 0) is 26.2 Å². The quantitative estimate of drug-likeness (QED) is 0.340. The summed E-state index contributed by atoms with van der Waals surface area (Å²) in [5, 5.41) is 2.96. The van der Waals surface area contributed by atoms with Crippen LogP contribution in [0.3, 0.4) is 0 Å². The van der Waals surface area contributed by atoms with Crippen LogP contribution in [0.1, 0.15) is 44.7 Å². The zero-order chi connectivity index (χ0) is 28.6. The first kappa shape index (κ1) is 29.8. The summed E-state index contributed by atoms with van der Waals surface area (Å²) in [6.45, 7) is 7.22. The van der Waals surface area contributed by atoms with Crippen molar-refractivity contribution in [2.24, 2.45) is 0 Å². The summed E-state index contributed by atoms with van der Waals surface area (Å²) in [5.74, 6) is -1.39. The van der Waals surface area contributed by atoms with Gasteiger partial charge in [-0.3, -0.25) is 13.9 Å². The molecule has 0 aliphatic carbocycles. The number of amides is 2. The van der Waals surface area contributed by atoms with Gasteiger partial charge in [0.25, 0.3) is 10.0 Å². The van der Waals surface area contributed by atoms with E-state index in [4.69, 9.17) is 0 Å². The Morgan fingerprint density at radius 2 is 1.51 bits per heavy atom. The van der Waals surface area contributed by atoms with E-state index < -0.39 is 34.3 Å². The highest BCUT2D eigenvalue weighted by atomic mass is 32.2. The fraction of sp³-hybridized carbons (Fsp3) is 0.333. The van der Waals surface area contributed by atoms with Gasteiger partial charge in [0, 0.05) is 12.6 Å². The summed E-state index contributed by atoms with van der Waals surface area (Å²) in [4.78, 5) is 28.5. The van der Waals surface area contributed by atoms with Gasteiger partial charge in [-0.05, 0) is 68.7 Å². The highest BCUT2D eigenvalue weighted by molar-refractivity contribution is 7.92. The molecule has 0 aliphatic rings. The number of benzene rings is 3. The predicted octanol–water partition coefficient (Wildman–Crippen LogP) is 5.05. The molecule has 2 atom stereocenters. The first-order valence-electron chi connectivity index (χ1n) is 13.1. The van der Waals surface area contributed by atoms with Gasteiger partial charge in [0.05, 0.1) is 10.6 Å². The number of aryl methyl sites for hydroxylation is 1. The lowest BCUT2D eigenvalue weighted by Crippen LogP contribution is -2.53. The molecule has 0 radical (unpaired) electrons. The first-order chi connectivity index (χ1) is 18.6. The average Bonchev–Trinajstić information content (AvgIpc) is 2.93. The van der Waals surface area contributed by atoms with Crippen LogP contribution >= 0.6 is 0 Å². The largest absolute Gasteiger partial charge is 0.352 e. The summed E-state index contributed by atoms with van der Waals surface area (Å²) in [5.41, 5.74) is 2.15. The maximum Gasteiger partial charge on any atom is 0.264 e. The molecule has 0 aromatic heterocycles. The first-order valence-corrected chi connectivity index (χ1v) is 14.5. The molecule has 39 heavy (non-hydrogen) atoms. The number of halogens is 1. The smallest absolute Gasteiger partial charge is 0.264 e. The zero-order valence-corrected chi connectivity index (χ0v) is 23.6. The molecule has 7 nitrogen and oxygen atoms in total. The summed E-state index contributed by atoms with van der Waals surface area (Å²) in [6.07, 6.45) is 1.07. The Hall–Kier alpha value is -3.72. The number of hydrogen-bond donors (Lipinski definition) is 1. The number of hydrogen-bond acceptors (Lipinski definition) is 4. The van der Waals surface area contributed by atoms with Gasteiger partial charge in [-0.15, -0.1) is 0 Å². The lowest BCUT2D eigenvalue weighted by molar-refractivity contribution is -0.140. The molecule has 0 unspecified atom stereocenters. The van der Waals surface area contributed by atoms with E-state index in [0.717, 1.165) is 34.0 Å². The third kappa shape index (κ3) is 7.66. The number of para-hydroxylation sites is 1. The summed E-state index contributed by atoms with van der Waals surface area (Å²) < 4.78 is 42.0. The van der Waals surface area contributed by atoms with Crippen LogP contribution in [0.4, 0.5) is 10.1 Å². The number of carbonyl (C=O) groups is 2. The molecule has 0 saturated heterocycles. The van der Waals surface area contributed by atoms with E-state index in [-0.39, 0.29) is 29.1 Å². The molecule has 0 saturated carbocycles. The Balaban J connectivity index is 2.02. The van der Waals surface area contributed by atoms with Gasteiger partial charge < -0.3 is 10.2 Å². The van der Waals surface area contributed by atoms with Gasteiger partial charge in [-0.2, -0.15) is 0 Å². The number of carbonyl (C=O) groups excluding carboxylic acids is 2. The van der Waals surface area contributed by atoms with Gasteiger partial charge in [0.15, 0.2) is 0 Å². The van der Waals surface area contributed by atoms with Crippen LogP contribution in [0.5, 0.6) is 0 Å². The van der Waals surface area contributed by atoms with Crippen LogP contribution < -0.4 is 9.62 Å². The highest BCUT2D eigenvalue weighted by Crippen LogP contribution is 2.25. The van der Waals surface area contributed by atoms with E-state index in [1.54, 1.807) is 30.3 Å². The molecule has 0 spiro atoms. The molecular formula is C30H36FN3O4S. The van der Waals surface area contributed by atoms with Crippen molar-refractivity contribution in [3.63, 3.8) is 0 Å². The van der Waals surface area contributed by atoms with Gasteiger partial charge in [-0.1, -0.05) is 61.9 Å². The van der Waals surface area contributed by atoms with Gasteiger partial charge in [0.1, 0.15) is 18.4 Å². The lowest BCUT2D eigenvalue weighted by Gasteiger charge is -2.33. The van der Waals surface area contributed by atoms with E-state index >= 15 is 0 Å². The molecule has 9 heteroatoms. The molecule has 0 fully saturated rings. The minimum atomic E-state index is -4.23. The second-order valence-electron chi connectivity index (χ2n) is 9.55. The number of nitrogens with zero attached hydrogens (tertiary/aromatic N) is 2. The van der Waals surface area contributed by atoms with Crippen LogP contribution in [-0.4, -0.2) is 43.8 Å². The van der Waals surface area contributed by atoms with Crippen molar-refractivity contribution in [2.75, 3.05) is 10.8 Å². The number of rotatable bonds is 12. The SMILES string of the molecule is CC[C@@H](C)NC(=O)[C@@H](CC)N(Cc1ccc(C)cc1)C(=O)CN(c1ccccc1)S(=O)(=O)c1ccc(F)cc1. The minimum Gasteiger partial charge on any atom is -0.352 e. The molecule has 208 valence electrons.